The summed E-state index contributed by atoms with van der Waals surface area (Å²) >= 11 is 0. The summed E-state index contributed by atoms with van der Waals surface area (Å²) in [6, 6.07) is 17.2. The number of ether oxygens (including phenoxy) is 1. The molecule has 0 amide bonds. The highest BCUT2D eigenvalue weighted by molar-refractivity contribution is 5.99. The van der Waals surface area contributed by atoms with E-state index >= 15 is 0 Å². The topological polar surface area (TPSA) is 98.1 Å². The second-order valence-corrected chi connectivity index (χ2v) is 7.84. The first kappa shape index (κ1) is 22.1. The van der Waals surface area contributed by atoms with Crippen LogP contribution < -0.4 is 15.9 Å². The molecule has 0 aliphatic heterocycles. The van der Waals surface area contributed by atoms with Crippen molar-refractivity contribution in [3.8, 4) is 17.1 Å². The second-order valence-electron chi connectivity index (χ2n) is 7.84. The first-order chi connectivity index (χ1) is 15.8. The molecule has 0 aliphatic carbocycles. The third kappa shape index (κ3) is 4.05. The lowest BCUT2D eigenvalue weighted by molar-refractivity contribution is 0.225. The Labute approximate surface area is 189 Å². The van der Waals surface area contributed by atoms with Gasteiger partial charge in [-0.05, 0) is 50.6 Å². The van der Waals surface area contributed by atoms with E-state index in [-0.39, 0.29) is 16.7 Å². The predicted octanol–water partition coefficient (Wildman–Crippen LogP) is 5.45. The first-order valence-corrected chi connectivity index (χ1v) is 10.4. The number of hydrogen-bond donors (Lipinski definition) is 2. The molecule has 0 unspecified atom stereocenters. The summed E-state index contributed by atoms with van der Waals surface area (Å²) in [5, 5.41) is 12.4. The molecule has 1 atom stereocenters. The second kappa shape index (κ2) is 8.78. The van der Waals surface area contributed by atoms with Crippen molar-refractivity contribution in [3.63, 3.8) is 0 Å². The highest BCUT2D eigenvalue weighted by atomic mass is 19.1. The van der Waals surface area contributed by atoms with Gasteiger partial charge in [0.2, 0.25) is 0 Å². The van der Waals surface area contributed by atoms with E-state index in [9.17, 15) is 9.18 Å². The number of hydrogen-bond acceptors (Lipinski definition) is 5. The van der Waals surface area contributed by atoms with Crippen molar-refractivity contribution >= 4 is 16.8 Å². The molecule has 4 rings (SSSR count). The van der Waals surface area contributed by atoms with E-state index < -0.39 is 17.8 Å². The summed E-state index contributed by atoms with van der Waals surface area (Å²) in [7, 11) is 0. The van der Waals surface area contributed by atoms with E-state index in [4.69, 9.17) is 20.1 Å². The van der Waals surface area contributed by atoms with Crippen LogP contribution in [0.4, 0.5) is 4.39 Å². The number of nitrogens with two attached hydrogens (primary N) is 1. The Hall–Kier alpha value is -4.13. The molecule has 0 radical (unpaired) electrons. The zero-order valence-electron chi connectivity index (χ0n) is 18.4. The maximum Gasteiger partial charge on any atom is 0.196 e. The summed E-state index contributed by atoms with van der Waals surface area (Å²) in [5.74, 6) is -0.505. The van der Waals surface area contributed by atoms with Gasteiger partial charge in [-0.2, -0.15) is 0 Å². The molecule has 4 aromatic rings. The Bertz CT molecular complexity index is 1430. The van der Waals surface area contributed by atoms with Gasteiger partial charge in [0.05, 0.1) is 10.9 Å². The van der Waals surface area contributed by atoms with Crippen LogP contribution in [0, 0.1) is 19.7 Å². The van der Waals surface area contributed by atoms with Gasteiger partial charge < -0.3 is 20.1 Å². The van der Waals surface area contributed by atoms with Crippen LogP contribution in [0.1, 0.15) is 35.3 Å². The van der Waals surface area contributed by atoms with Crippen LogP contribution in [-0.2, 0) is 0 Å². The van der Waals surface area contributed by atoms with Crippen LogP contribution in [0.5, 0.6) is 5.75 Å². The minimum atomic E-state index is -0.683. The van der Waals surface area contributed by atoms with E-state index in [0.29, 0.717) is 27.9 Å². The van der Waals surface area contributed by atoms with Crippen molar-refractivity contribution in [2.75, 3.05) is 0 Å². The van der Waals surface area contributed by atoms with Gasteiger partial charge in [0.15, 0.2) is 11.3 Å². The molecule has 0 bridgehead atoms. The number of halogens is 1. The normalized spacial score (nSPS) is 12.7. The molecule has 0 spiro atoms. The van der Waals surface area contributed by atoms with Gasteiger partial charge in [0, 0.05) is 16.7 Å². The van der Waals surface area contributed by atoms with Crippen molar-refractivity contribution in [3.05, 3.63) is 99.0 Å². The molecule has 0 aliphatic rings. The molecule has 33 heavy (non-hydrogen) atoms. The monoisotopic (exact) mass is 446 g/mol. The third-order valence-corrected chi connectivity index (χ3v) is 5.51. The molecule has 1 heterocycles. The average molecular weight is 446 g/mol. The van der Waals surface area contributed by atoms with Gasteiger partial charge in [-0.25, -0.2) is 4.39 Å². The number of rotatable bonds is 5. The van der Waals surface area contributed by atoms with Gasteiger partial charge in [0.25, 0.3) is 0 Å². The molecule has 0 fully saturated rings. The van der Waals surface area contributed by atoms with Gasteiger partial charge in [-0.15, -0.1) is 0 Å². The molecule has 7 heteroatoms. The summed E-state index contributed by atoms with van der Waals surface area (Å²) in [6.45, 7) is 5.38. The summed E-state index contributed by atoms with van der Waals surface area (Å²) in [4.78, 5) is 13.2. The maximum absolute atomic E-state index is 14.4. The minimum Gasteiger partial charge on any atom is -0.485 e. The number of benzene rings is 3. The SMILES string of the molecule is Cc1cc([C@@H](C)Oc2cccc(F)c2C(N)=NO)c2oc(-c3ccccc3)c(C)c(=O)c2c1. The highest BCUT2D eigenvalue weighted by Crippen LogP contribution is 2.33. The fourth-order valence-corrected chi connectivity index (χ4v) is 3.89. The molecule has 1 aromatic heterocycles. The van der Waals surface area contributed by atoms with Crippen LogP contribution in [0.3, 0.4) is 0 Å². The quantitative estimate of drug-likeness (QED) is 0.184. The lowest BCUT2D eigenvalue weighted by atomic mass is 10.00. The van der Waals surface area contributed by atoms with Crippen molar-refractivity contribution < 1.29 is 18.8 Å². The Morgan fingerprint density at radius 3 is 2.55 bits per heavy atom. The van der Waals surface area contributed by atoms with Crippen molar-refractivity contribution in [2.45, 2.75) is 26.9 Å². The Kier molecular flexibility index (Phi) is 5.87. The molecule has 168 valence electrons. The predicted molar refractivity (Wildman–Crippen MR) is 125 cm³/mol. The molecule has 0 saturated carbocycles. The molecule has 0 saturated heterocycles. The fourth-order valence-electron chi connectivity index (χ4n) is 3.89. The smallest absolute Gasteiger partial charge is 0.196 e. The molecule has 3 N–H and O–H groups in total. The molecular formula is C26H23FN2O4. The van der Waals surface area contributed by atoms with Crippen molar-refractivity contribution in [1.29, 1.82) is 0 Å². The lowest BCUT2D eigenvalue weighted by Crippen LogP contribution is -2.18. The largest absolute Gasteiger partial charge is 0.485 e. The summed E-state index contributed by atoms with van der Waals surface area (Å²) < 4.78 is 26.7. The summed E-state index contributed by atoms with van der Waals surface area (Å²) in [5.41, 5.74) is 8.55. The van der Waals surface area contributed by atoms with Crippen molar-refractivity contribution in [2.24, 2.45) is 10.9 Å². The number of fused-ring (bicyclic) bond motifs is 1. The van der Waals surface area contributed by atoms with Gasteiger partial charge in [-0.3, -0.25) is 4.79 Å². The Morgan fingerprint density at radius 1 is 1.12 bits per heavy atom. The van der Waals surface area contributed by atoms with Gasteiger partial charge in [-0.1, -0.05) is 41.6 Å². The van der Waals surface area contributed by atoms with Crippen LogP contribution in [0.25, 0.3) is 22.3 Å². The number of nitrogens with zero attached hydrogens (tertiary/aromatic N) is 1. The number of amidine groups is 1. The number of aryl methyl sites for hydroxylation is 1. The zero-order valence-corrected chi connectivity index (χ0v) is 18.4. The van der Waals surface area contributed by atoms with E-state index in [1.165, 1.54) is 18.2 Å². The third-order valence-electron chi connectivity index (χ3n) is 5.51. The first-order valence-electron chi connectivity index (χ1n) is 10.4. The molecule has 3 aromatic carbocycles. The van der Waals surface area contributed by atoms with Crippen LogP contribution in [0.15, 0.2) is 75.0 Å². The Morgan fingerprint density at radius 2 is 1.85 bits per heavy atom. The van der Waals surface area contributed by atoms with Crippen LogP contribution in [-0.4, -0.2) is 11.0 Å². The molecule has 6 nitrogen and oxygen atoms in total. The summed E-state index contributed by atoms with van der Waals surface area (Å²) in [6.07, 6.45) is -0.645. The highest BCUT2D eigenvalue weighted by Gasteiger charge is 2.22. The van der Waals surface area contributed by atoms with Gasteiger partial charge >= 0.3 is 0 Å². The average Bonchev–Trinajstić information content (AvgIpc) is 2.81. The van der Waals surface area contributed by atoms with E-state index in [0.717, 1.165) is 11.1 Å². The fraction of sp³-hybridized carbons (Fsp3) is 0.154. The van der Waals surface area contributed by atoms with E-state index in [2.05, 4.69) is 5.16 Å². The van der Waals surface area contributed by atoms with Crippen molar-refractivity contribution in [1.82, 2.24) is 0 Å². The number of oxime groups is 1. The maximum atomic E-state index is 14.4. The standard InChI is InChI=1S/C26H23FN2O4/c1-14-12-18(16(3)32-21-11-7-10-20(27)22(21)26(28)29-31)25-19(13-14)23(30)15(2)24(33-25)17-8-5-4-6-9-17/h4-13,16,31H,1-3H3,(H2,28,29)/t16-/m1/s1. The zero-order chi connectivity index (χ0) is 23.7. The van der Waals surface area contributed by atoms with Crippen LogP contribution in [0.2, 0.25) is 0 Å². The Balaban J connectivity index is 1.89. The van der Waals surface area contributed by atoms with E-state index in [1.807, 2.05) is 43.3 Å². The van der Waals surface area contributed by atoms with Crippen LogP contribution >= 0.6 is 0 Å². The minimum absolute atomic E-state index is 0.102. The van der Waals surface area contributed by atoms with Gasteiger partial charge in [0.1, 0.15) is 29.0 Å². The lowest BCUT2D eigenvalue weighted by Gasteiger charge is -2.20. The van der Waals surface area contributed by atoms with E-state index in [1.54, 1.807) is 19.9 Å². The molecular weight excluding hydrogens is 423 g/mol.